The number of aryl methyl sites for hydroxylation is 1. The fourth-order valence-electron chi connectivity index (χ4n) is 6.33. The van der Waals surface area contributed by atoms with Crippen LogP contribution < -0.4 is 4.74 Å². The Morgan fingerprint density at radius 3 is 2.33 bits per heavy atom. The number of esters is 1. The number of ether oxygens (including phenoxy) is 3. The predicted octanol–water partition coefficient (Wildman–Crippen LogP) is 3.13. The van der Waals surface area contributed by atoms with Gasteiger partial charge < -0.3 is 29.2 Å². The molecule has 2 saturated heterocycles. The molecule has 3 unspecified atom stereocenters. The van der Waals surface area contributed by atoms with Crippen molar-refractivity contribution < 1.29 is 38.1 Å². The van der Waals surface area contributed by atoms with Crippen LogP contribution >= 0.6 is 0 Å². The largest absolute Gasteiger partial charge is 0.604 e. The zero-order valence-corrected chi connectivity index (χ0v) is 26.5. The molecule has 1 saturated carbocycles. The van der Waals surface area contributed by atoms with Crippen LogP contribution in [-0.2, 0) is 19.1 Å². The van der Waals surface area contributed by atoms with Gasteiger partial charge in [-0.1, -0.05) is 19.4 Å². The standard InChI is InChI=1S/C32H43N5O8/c1-5-8-15-44-32(41)34-11-13-36(14-12-34)37(42,6-2)30(39)26-17-27(22-10-9-21(4)16-25(22)33-26)45-20-28(38)35-18-23-24(19-35)29(23)31(40)43-7-3/h9-10,16-17,23-24,29H,5-8,11-15,18-20H2,1-4H3. The lowest BCUT2D eigenvalue weighted by atomic mass is 10.1. The molecular weight excluding hydrogens is 582 g/mol. The van der Waals surface area contributed by atoms with E-state index in [-0.39, 0.29) is 80.4 Å². The number of amides is 3. The molecule has 3 aliphatic rings. The minimum Gasteiger partial charge on any atom is -0.604 e. The van der Waals surface area contributed by atoms with Gasteiger partial charge in [0.25, 0.3) is 5.91 Å². The molecule has 1 aromatic heterocycles. The Bertz CT molecular complexity index is 1430. The van der Waals surface area contributed by atoms with Crippen molar-refractivity contribution in [1.82, 2.24) is 19.8 Å². The van der Waals surface area contributed by atoms with Crippen molar-refractivity contribution in [2.75, 3.05) is 65.6 Å². The van der Waals surface area contributed by atoms with Crippen LogP contribution in [0.2, 0.25) is 0 Å². The molecule has 0 N–H and O–H groups in total. The van der Waals surface area contributed by atoms with Gasteiger partial charge in [-0.2, -0.15) is 0 Å². The summed E-state index contributed by atoms with van der Waals surface area (Å²) in [6, 6.07) is 6.95. The number of hydrogen-bond donors (Lipinski definition) is 0. The zero-order valence-electron chi connectivity index (χ0n) is 26.5. The number of carbonyl (C=O) groups excluding carboxylic acids is 4. The number of hydroxylamine groups is 2. The first-order chi connectivity index (χ1) is 21.6. The number of likely N-dealkylation sites (tertiary alicyclic amines) is 1. The topological polar surface area (TPSA) is 142 Å². The molecule has 2 aliphatic heterocycles. The van der Waals surface area contributed by atoms with Gasteiger partial charge in [-0.3, -0.25) is 9.59 Å². The van der Waals surface area contributed by atoms with Gasteiger partial charge in [0.15, 0.2) is 12.3 Å². The molecule has 2 aromatic rings. The Hall–Kier alpha value is -3.81. The van der Waals surface area contributed by atoms with E-state index in [4.69, 9.17) is 14.2 Å². The number of unbranched alkanes of at least 4 members (excludes halogenated alkanes) is 1. The smallest absolute Gasteiger partial charge is 0.409 e. The average molecular weight is 626 g/mol. The molecule has 0 bridgehead atoms. The van der Waals surface area contributed by atoms with Gasteiger partial charge in [-0.25, -0.2) is 19.3 Å². The molecule has 1 aliphatic carbocycles. The normalized spacial score (nSPS) is 22.5. The number of nitrogens with zero attached hydrogens (tertiary/aromatic N) is 5. The lowest BCUT2D eigenvalue weighted by Crippen LogP contribution is -2.65. The van der Waals surface area contributed by atoms with Crippen molar-refractivity contribution in [3.8, 4) is 5.75 Å². The van der Waals surface area contributed by atoms with Gasteiger partial charge in [-0.15, -0.1) is 5.01 Å². The van der Waals surface area contributed by atoms with Crippen LogP contribution in [0.1, 0.15) is 49.7 Å². The molecule has 45 heavy (non-hydrogen) atoms. The second-order valence-electron chi connectivity index (χ2n) is 12.0. The summed E-state index contributed by atoms with van der Waals surface area (Å²) < 4.78 is 15.2. The van der Waals surface area contributed by atoms with Crippen molar-refractivity contribution in [3.63, 3.8) is 0 Å². The highest BCUT2D eigenvalue weighted by atomic mass is 16.6. The number of piperidine rings is 1. The molecule has 3 heterocycles. The Labute approximate surface area is 263 Å². The van der Waals surface area contributed by atoms with Crippen LogP contribution in [0.4, 0.5) is 4.79 Å². The van der Waals surface area contributed by atoms with E-state index in [9.17, 15) is 24.4 Å². The maximum Gasteiger partial charge on any atom is 0.409 e. The van der Waals surface area contributed by atoms with Gasteiger partial charge in [0.1, 0.15) is 12.3 Å². The monoisotopic (exact) mass is 625 g/mol. The highest BCUT2D eigenvalue weighted by Gasteiger charge is 2.61. The molecule has 244 valence electrons. The van der Waals surface area contributed by atoms with E-state index in [1.165, 1.54) is 11.1 Å². The van der Waals surface area contributed by atoms with E-state index in [2.05, 4.69) is 4.98 Å². The number of piperazine rings is 1. The van der Waals surface area contributed by atoms with Crippen LogP contribution in [0.5, 0.6) is 5.75 Å². The van der Waals surface area contributed by atoms with Crippen molar-refractivity contribution in [2.24, 2.45) is 17.8 Å². The fourth-order valence-corrected chi connectivity index (χ4v) is 6.33. The summed E-state index contributed by atoms with van der Waals surface area (Å²) >= 11 is 0. The molecule has 13 heteroatoms. The van der Waals surface area contributed by atoms with Crippen molar-refractivity contribution >= 4 is 34.8 Å². The first-order valence-electron chi connectivity index (χ1n) is 15.9. The van der Waals surface area contributed by atoms with E-state index >= 15 is 0 Å². The average Bonchev–Trinajstić information content (AvgIpc) is 3.55. The van der Waals surface area contributed by atoms with E-state index in [0.29, 0.717) is 37.2 Å². The van der Waals surface area contributed by atoms with E-state index in [0.717, 1.165) is 18.4 Å². The van der Waals surface area contributed by atoms with E-state index in [1.807, 2.05) is 26.0 Å². The maximum atomic E-state index is 14.1. The van der Waals surface area contributed by atoms with Crippen molar-refractivity contribution in [2.45, 2.75) is 40.5 Å². The Morgan fingerprint density at radius 1 is 0.978 bits per heavy atom. The SMILES string of the molecule is CCCCOC(=O)N1CCN([N+]([O-])(CC)C(=O)c2cc(OCC(=O)N3CC4C(C3)C4C(=O)OCC)c3ccc(C)cc3n2)CC1. The first kappa shape index (κ1) is 32.6. The molecule has 3 fully saturated rings. The third-order valence-electron chi connectivity index (χ3n) is 9.04. The van der Waals surface area contributed by atoms with Crippen molar-refractivity contribution in [1.29, 1.82) is 0 Å². The first-order valence-corrected chi connectivity index (χ1v) is 15.9. The van der Waals surface area contributed by atoms with Gasteiger partial charge in [0, 0.05) is 37.6 Å². The summed E-state index contributed by atoms with van der Waals surface area (Å²) in [6.07, 6.45) is 1.29. The van der Waals surface area contributed by atoms with Crippen LogP contribution in [-0.4, -0.2) is 114 Å². The number of pyridine rings is 1. The molecular formula is C32H43N5O8. The molecule has 0 spiro atoms. The summed E-state index contributed by atoms with van der Waals surface area (Å²) in [7, 11) is 0. The van der Waals surface area contributed by atoms with Crippen LogP contribution in [0.3, 0.4) is 0 Å². The lowest BCUT2D eigenvalue weighted by molar-refractivity contribution is -0.921. The summed E-state index contributed by atoms with van der Waals surface area (Å²) in [5.74, 6) is -0.780. The fraction of sp³-hybridized carbons (Fsp3) is 0.594. The van der Waals surface area contributed by atoms with Gasteiger partial charge in [-0.05, 0) is 56.7 Å². The predicted molar refractivity (Wildman–Crippen MR) is 164 cm³/mol. The van der Waals surface area contributed by atoms with Crippen molar-refractivity contribution in [3.05, 3.63) is 40.7 Å². The maximum absolute atomic E-state index is 14.1. The number of hydrogen-bond acceptors (Lipinski definition) is 10. The van der Waals surface area contributed by atoms with Crippen LogP contribution in [0, 0.1) is 29.9 Å². The highest BCUT2D eigenvalue weighted by Crippen LogP contribution is 2.52. The summed E-state index contributed by atoms with van der Waals surface area (Å²) in [5.41, 5.74) is 1.33. The van der Waals surface area contributed by atoms with E-state index < -0.39 is 16.8 Å². The van der Waals surface area contributed by atoms with Gasteiger partial charge in [0.05, 0.1) is 37.7 Å². The molecule has 5 rings (SSSR count). The molecule has 3 amide bonds. The van der Waals surface area contributed by atoms with E-state index in [1.54, 1.807) is 29.7 Å². The minimum atomic E-state index is -1.26. The number of fused-ring (bicyclic) bond motifs is 2. The molecule has 13 nitrogen and oxygen atoms in total. The number of quaternary nitrogens is 1. The van der Waals surface area contributed by atoms with Crippen LogP contribution in [0.25, 0.3) is 10.9 Å². The summed E-state index contributed by atoms with van der Waals surface area (Å²) in [5, 5.41) is 16.2. The third-order valence-corrected chi connectivity index (χ3v) is 9.04. The Balaban J connectivity index is 1.27. The van der Waals surface area contributed by atoms with Gasteiger partial charge in [0.2, 0.25) is 0 Å². The second kappa shape index (κ2) is 13.7. The molecule has 1 aromatic carbocycles. The Morgan fingerprint density at radius 2 is 1.69 bits per heavy atom. The molecule has 3 atom stereocenters. The van der Waals surface area contributed by atoms with Crippen LogP contribution in [0.15, 0.2) is 24.3 Å². The number of aromatic nitrogens is 1. The second-order valence-corrected chi connectivity index (χ2v) is 12.0. The molecule has 0 radical (unpaired) electrons. The zero-order chi connectivity index (χ0) is 32.3. The third kappa shape index (κ3) is 6.75. The summed E-state index contributed by atoms with van der Waals surface area (Å²) in [4.78, 5) is 59.2. The van der Waals surface area contributed by atoms with Gasteiger partial charge >= 0.3 is 18.0 Å². The lowest BCUT2D eigenvalue weighted by Gasteiger charge is -2.48. The summed E-state index contributed by atoms with van der Waals surface area (Å²) in [6.45, 7) is 9.59. The number of rotatable bonds is 11. The highest BCUT2D eigenvalue weighted by molar-refractivity contribution is 5.94. The number of benzene rings is 1. The number of carbonyl (C=O) groups is 4. The Kier molecular flexibility index (Phi) is 9.90. The quantitative estimate of drug-likeness (QED) is 0.158. The minimum absolute atomic E-state index is 0.0616.